The molecule has 0 saturated carbocycles. The predicted octanol–water partition coefficient (Wildman–Crippen LogP) is 2.17. The Kier molecular flexibility index (Phi) is 3.29. The molecule has 0 bridgehead atoms. The van der Waals surface area contributed by atoms with Crippen LogP contribution in [0.15, 0.2) is 12.1 Å². The lowest BCUT2D eigenvalue weighted by Crippen LogP contribution is -2.22. The molecule has 14 heavy (non-hydrogen) atoms. The molecule has 0 aliphatic carbocycles. The largest absolute Gasteiger partial charge is 0.490 e. The van der Waals surface area contributed by atoms with Crippen molar-refractivity contribution in [2.45, 2.75) is 12.5 Å². The first-order chi connectivity index (χ1) is 6.20. The fraction of sp³-hybridized carbons (Fsp3) is 0.333. The molecule has 0 aromatic heterocycles. The first kappa shape index (κ1) is 11.2. The first-order valence-electron chi connectivity index (χ1n) is 4.06. The Morgan fingerprint density at radius 3 is 2.57 bits per heavy atom. The number of halogens is 3. The molecule has 1 aromatic rings. The Bertz CT molecular complexity index is 346. The number of rotatable bonds is 0. The third-order valence-corrected chi connectivity index (χ3v) is 2.14. The zero-order valence-corrected chi connectivity index (χ0v) is 8.11. The van der Waals surface area contributed by atoms with Gasteiger partial charge in [0.25, 0.3) is 0 Å². The smallest absolute Gasteiger partial charge is 0.165 e. The molecule has 2 rings (SSSR count). The Hall–Kier alpha value is -0.870. The van der Waals surface area contributed by atoms with Crippen molar-refractivity contribution in [3.8, 4) is 5.75 Å². The van der Waals surface area contributed by atoms with Gasteiger partial charge < -0.3 is 10.5 Å². The van der Waals surface area contributed by atoms with Gasteiger partial charge in [-0.3, -0.25) is 0 Å². The van der Waals surface area contributed by atoms with Gasteiger partial charge in [-0.1, -0.05) is 0 Å². The third kappa shape index (κ3) is 1.67. The molecule has 1 atom stereocenters. The highest BCUT2D eigenvalue weighted by molar-refractivity contribution is 5.85. The van der Waals surface area contributed by atoms with E-state index in [1.54, 1.807) is 0 Å². The average molecular weight is 222 g/mol. The second-order valence-corrected chi connectivity index (χ2v) is 3.02. The van der Waals surface area contributed by atoms with Crippen molar-refractivity contribution in [1.29, 1.82) is 0 Å². The number of nitrogens with two attached hydrogens (primary N) is 1. The van der Waals surface area contributed by atoms with Crippen molar-refractivity contribution in [2.24, 2.45) is 5.73 Å². The summed E-state index contributed by atoms with van der Waals surface area (Å²) in [4.78, 5) is 0. The van der Waals surface area contributed by atoms with Crippen molar-refractivity contribution in [3.63, 3.8) is 0 Å². The number of hydrogen-bond donors (Lipinski definition) is 1. The van der Waals surface area contributed by atoms with Crippen LogP contribution >= 0.6 is 12.4 Å². The second-order valence-electron chi connectivity index (χ2n) is 3.02. The molecule has 2 nitrogen and oxygen atoms in total. The van der Waals surface area contributed by atoms with E-state index in [-0.39, 0.29) is 23.7 Å². The van der Waals surface area contributed by atoms with Crippen molar-refractivity contribution in [1.82, 2.24) is 0 Å². The van der Waals surface area contributed by atoms with Gasteiger partial charge in [-0.25, -0.2) is 8.78 Å². The van der Waals surface area contributed by atoms with Crippen LogP contribution in [0.3, 0.4) is 0 Å². The van der Waals surface area contributed by atoms with Crippen LogP contribution in [0.4, 0.5) is 8.78 Å². The molecular weight excluding hydrogens is 212 g/mol. The molecule has 1 aliphatic heterocycles. The van der Waals surface area contributed by atoms with Gasteiger partial charge in [0.2, 0.25) is 0 Å². The standard InChI is InChI=1S/C9H9F2NO.ClH/c10-5-1-2-6(11)9-8(5)7(12)3-4-13-9;/h1-2,7H,3-4,12H2;1H/t7-;/m1./s1. The Morgan fingerprint density at radius 2 is 1.93 bits per heavy atom. The van der Waals surface area contributed by atoms with E-state index in [1.165, 1.54) is 0 Å². The number of hydrogen-bond acceptors (Lipinski definition) is 2. The van der Waals surface area contributed by atoms with Gasteiger partial charge in [0.05, 0.1) is 6.61 Å². The SMILES string of the molecule is Cl.N[C@@H]1CCOc2c(F)ccc(F)c21. The summed E-state index contributed by atoms with van der Waals surface area (Å²) in [6.07, 6.45) is 0.521. The molecule has 1 aromatic carbocycles. The summed E-state index contributed by atoms with van der Waals surface area (Å²) in [5.41, 5.74) is 5.79. The van der Waals surface area contributed by atoms with E-state index >= 15 is 0 Å². The third-order valence-electron chi connectivity index (χ3n) is 2.14. The summed E-state index contributed by atoms with van der Waals surface area (Å²) >= 11 is 0. The molecule has 0 radical (unpaired) electrons. The van der Waals surface area contributed by atoms with Gasteiger partial charge in [0.1, 0.15) is 5.82 Å². The maximum atomic E-state index is 13.2. The van der Waals surface area contributed by atoms with E-state index in [9.17, 15) is 8.78 Å². The fourth-order valence-corrected chi connectivity index (χ4v) is 1.47. The molecule has 5 heteroatoms. The van der Waals surface area contributed by atoms with Gasteiger partial charge in [-0.05, 0) is 12.1 Å². The number of fused-ring (bicyclic) bond motifs is 1. The first-order valence-corrected chi connectivity index (χ1v) is 4.06. The van der Waals surface area contributed by atoms with Crippen molar-refractivity contribution >= 4 is 12.4 Å². The van der Waals surface area contributed by atoms with Crippen molar-refractivity contribution < 1.29 is 13.5 Å². The van der Waals surface area contributed by atoms with Crippen LogP contribution in [0.2, 0.25) is 0 Å². The van der Waals surface area contributed by atoms with Gasteiger partial charge in [0, 0.05) is 18.0 Å². The maximum Gasteiger partial charge on any atom is 0.165 e. The molecule has 1 aliphatic rings. The Morgan fingerprint density at radius 1 is 1.29 bits per heavy atom. The minimum absolute atomic E-state index is 0. The molecule has 0 fully saturated rings. The molecule has 0 unspecified atom stereocenters. The topological polar surface area (TPSA) is 35.2 Å². The van der Waals surface area contributed by atoms with Crippen molar-refractivity contribution in [2.75, 3.05) is 6.61 Å². The fourth-order valence-electron chi connectivity index (χ4n) is 1.47. The van der Waals surface area contributed by atoms with Crippen LogP contribution in [-0.4, -0.2) is 6.61 Å². The van der Waals surface area contributed by atoms with E-state index in [0.29, 0.717) is 13.0 Å². The van der Waals surface area contributed by atoms with Crippen molar-refractivity contribution in [3.05, 3.63) is 29.3 Å². The van der Waals surface area contributed by atoms with E-state index in [1.807, 2.05) is 0 Å². The van der Waals surface area contributed by atoms with Gasteiger partial charge >= 0.3 is 0 Å². The van der Waals surface area contributed by atoms with Crippen LogP contribution in [0.25, 0.3) is 0 Å². The quantitative estimate of drug-likeness (QED) is 0.729. The molecule has 78 valence electrons. The molecule has 0 spiro atoms. The zero-order chi connectivity index (χ0) is 9.42. The molecule has 0 saturated heterocycles. The Labute approximate surface area is 86.5 Å². The highest BCUT2D eigenvalue weighted by Gasteiger charge is 2.24. The Balaban J connectivity index is 0.000000980. The maximum absolute atomic E-state index is 13.2. The molecular formula is C9H10ClF2NO. The number of benzene rings is 1. The highest BCUT2D eigenvalue weighted by Crippen LogP contribution is 2.34. The van der Waals surface area contributed by atoms with Crippen LogP contribution in [0.5, 0.6) is 5.75 Å². The van der Waals surface area contributed by atoms with Gasteiger partial charge in [-0.15, -0.1) is 12.4 Å². The minimum Gasteiger partial charge on any atom is -0.490 e. The second kappa shape index (κ2) is 4.11. The van der Waals surface area contributed by atoms with Gasteiger partial charge in [-0.2, -0.15) is 0 Å². The molecule has 0 amide bonds. The van der Waals surface area contributed by atoms with E-state index in [4.69, 9.17) is 10.5 Å². The minimum atomic E-state index is -0.549. The van der Waals surface area contributed by atoms with Crippen LogP contribution in [0, 0.1) is 11.6 Å². The highest BCUT2D eigenvalue weighted by atomic mass is 35.5. The monoisotopic (exact) mass is 221 g/mol. The average Bonchev–Trinajstić information content (AvgIpc) is 2.12. The van der Waals surface area contributed by atoms with Crippen LogP contribution < -0.4 is 10.5 Å². The molecule has 1 heterocycles. The predicted molar refractivity (Wildman–Crippen MR) is 50.6 cm³/mol. The summed E-state index contributed by atoms with van der Waals surface area (Å²) in [5.74, 6) is -1.08. The summed E-state index contributed by atoms with van der Waals surface area (Å²) < 4.78 is 31.3. The lowest BCUT2D eigenvalue weighted by molar-refractivity contribution is 0.250. The van der Waals surface area contributed by atoms with Gasteiger partial charge in [0.15, 0.2) is 11.6 Å². The summed E-state index contributed by atoms with van der Waals surface area (Å²) in [7, 11) is 0. The van der Waals surface area contributed by atoms with E-state index in [0.717, 1.165) is 12.1 Å². The lowest BCUT2D eigenvalue weighted by Gasteiger charge is -2.23. The van der Waals surface area contributed by atoms with E-state index in [2.05, 4.69) is 0 Å². The summed E-state index contributed by atoms with van der Waals surface area (Å²) in [6.45, 7) is 0.342. The van der Waals surface area contributed by atoms with Crippen LogP contribution in [-0.2, 0) is 0 Å². The van der Waals surface area contributed by atoms with Crippen LogP contribution in [0.1, 0.15) is 18.0 Å². The summed E-state index contributed by atoms with van der Waals surface area (Å²) in [6, 6.07) is 1.66. The normalized spacial score (nSPS) is 19.2. The van der Waals surface area contributed by atoms with E-state index < -0.39 is 17.7 Å². The molecule has 2 N–H and O–H groups in total. The number of ether oxygens (including phenoxy) is 1. The summed E-state index contributed by atoms with van der Waals surface area (Å²) in [5, 5.41) is 0. The zero-order valence-electron chi connectivity index (χ0n) is 7.30. The lowest BCUT2D eigenvalue weighted by atomic mass is 10.0.